The number of aromatic nitrogens is 2. The van der Waals surface area contributed by atoms with Gasteiger partial charge in [0.1, 0.15) is 6.33 Å². The molecule has 2 aromatic carbocycles. The second-order valence-corrected chi connectivity index (χ2v) is 6.34. The highest BCUT2D eigenvalue weighted by Gasteiger charge is 2.30. The normalized spacial score (nSPS) is 11.3. The third-order valence-corrected chi connectivity index (χ3v) is 4.16. The number of carbonyl (C=O) groups excluding carboxylic acids is 1. The molecule has 1 aromatic heterocycles. The Kier molecular flexibility index (Phi) is 6.56. The summed E-state index contributed by atoms with van der Waals surface area (Å²) >= 11 is 0. The highest BCUT2D eigenvalue weighted by Crippen LogP contribution is 2.30. The van der Waals surface area contributed by atoms with Crippen LogP contribution in [0.15, 0.2) is 67.0 Å². The fraction of sp³-hybridized carbons (Fsp3) is 0.190. The van der Waals surface area contributed by atoms with Crippen LogP contribution in [-0.4, -0.2) is 22.4 Å². The summed E-state index contributed by atoms with van der Waals surface area (Å²) in [6, 6.07) is 16.1. The molecular weight excluding hydrogens is 381 g/mol. The number of halogens is 3. The molecule has 29 heavy (non-hydrogen) atoms. The average Bonchev–Trinajstić information content (AvgIpc) is 2.73. The van der Waals surface area contributed by atoms with Crippen LogP contribution in [0.1, 0.15) is 16.8 Å². The predicted molar refractivity (Wildman–Crippen MR) is 102 cm³/mol. The molecule has 0 aliphatic heterocycles. The van der Waals surface area contributed by atoms with E-state index in [1.807, 2.05) is 30.3 Å². The maximum Gasteiger partial charge on any atom is 0.416 e. The second kappa shape index (κ2) is 9.29. The Bertz CT molecular complexity index is 944. The van der Waals surface area contributed by atoms with E-state index in [4.69, 9.17) is 0 Å². The van der Waals surface area contributed by atoms with Crippen molar-refractivity contribution in [2.45, 2.75) is 19.3 Å². The number of amides is 1. The first-order valence-corrected chi connectivity index (χ1v) is 8.92. The van der Waals surface area contributed by atoms with Crippen LogP contribution < -0.4 is 10.6 Å². The summed E-state index contributed by atoms with van der Waals surface area (Å²) in [5.74, 6) is -0.185. The van der Waals surface area contributed by atoms with Crippen LogP contribution in [0, 0.1) is 0 Å². The smallest absolute Gasteiger partial charge is 0.349 e. The molecule has 0 fully saturated rings. The van der Waals surface area contributed by atoms with Gasteiger partial charge < -0.3 is 10.6 Å². The van der Waals surface area contributed by atoms with Gasteiger partial charge >= 0.3 is 6.18 Å². The van der Waals surface area contributed by atoms with Crippen LogP contribution in [0.2, 0.25) is 0 Å². The third kappa shape index (κ3) is 6.11. The van der Waals surface area contributed by atoms with Crippen molar-refractivity contribution in [2.24, 2.45) is 0 Å². The zero-order chi connectivity index (χ0) is 20.7. The average molecular weight is 400 g/mol. The van der Waals surface area contributed by atoms with Crippen LogP contribution in [0.25, 0.3) is 11.3 Å². The van der Waals surface area contributed by atoms with Gasteiger partial charge in [-0.05, 0) is 23.8 Å². The Morgan fingerprint density at radius 2 is 1.66 bits per heavy atom. The molecule has 0 aliphatic rings. The predicted octanol–water partition coefficient (Wildman–Crippen LogP) is 3.57. The minimum Gasteiger partial charge on any atom is -0.349 e. The molecule has 0 aliphatic carbocycles. The van der Waals surface area contributed by atoms with Crippen LogP contribution >= 0.6 is 0 Å². The highest BCUT2D eigenvalue weighted by molar-refractivity contribution is 5.78. The molecule has 3 rings (SSSR count). The Morgan fingerprint density at radius 1 is 0.931 bits per heavy atom. The molecule has 0 bridgehead atoms. The van der Waals surface area contributed by atoms with Gasteiger partial charge in [-0.3, -0.25) is 4.79 Å². The Labute approximate surface area is 166 Å². The van der Waals surface area contributed by atoms with Crippen LogP contribution in [-0.2, 0) is 24.1 Å². The summed E-state index contributed by atoms with van der Waals surface area (Å²) in [6.45, 7) is 0.938. The molecule has 5 nitrogen and oxygen atoms in total. The van der Waals surface area contributed by atoms with Gasteiger partial charge in [0.2, 0.25) is 5.91 Å². The maximum absolute atomic E-state index is 12.7. The Morgan fingerprint density at radius 3 is 2.34 bits per heavy atom. The molecule has 0 saturated carbocycles. The van der Waals surface area contributed by atoms with E-state index in [1.165, 1.54) is 18.5 Å². The SMILES string of the molecule is O=C(CNCc1ccccc1)NCc1cc(-c2ccc(C(F)(F)F)cc2)ncn1. The zero-order valence-corrected chi connectivity index (χ0v) is 15.4. The molecule has 0 radical (unpaired) electrons. The lowest BCUT2D eigenvalue weighted by Gasteiger charge is -2.09. The van der Waals surface area contributed by atoms with Crippen LogP contribution in [0.4, 0.5) is 13.2 Å². The van der Waals surface area contributed by atoms with E-state index in [0.717, 1.165) is 17.7 Å². The first-order chi connectivity index (χ1) is 13.9. The van der Waals surface area contributed by atoms with Crippen molar-refractivity contribution >= 4 is 5.91 Å². The van der Waals surface area contributed by atoms with Gasteiger partial charge in [0, 0.05) is 12.1 Å². The van der Waals surface area contributed by atoms with E-state index >= 15 is 0 Å². The van der Waals surface area contributed by atoms with Crippen molar-refractivity contribution in [2.75, 3.05) is 6.54 Å². The van der Waals surface area contributed by atoms with E-state index in [9.17, 15) is 18.0 Å². The number of nitrogens with zero attached hydrogens (tertiary/aromatic N) is 2. The van der Waals surface area contributed by atoms with E-state index in [2.05, 4.69) is 20.6 Å². The van der Waals surface area contributed by atoms with Gasteiger partial charge in [-0.2, -0.15) is 13.2 Å². The van der Waals surface area contributed by atoms with E-state index in [0.29, 0.717) is 23.5 Å². The minimum absolute atomic E-state index is 0.158. The van der Waals surface area contributed by atoms with Crippen molar-refractivity contribution in [3.05, 3.63) is 83.8 Å². The van der Waals surface area contributed by atoms with Gasteiger partial charge in [0.15, 0.2) is 0 Å². The number of rotatable bonds is 7. The van der Waals surface area contributed by atoms with Crippen LogP contribution in [0.5, 0.6) is 0 Å². The summed E-state index contributed by atoms with van der Waals surface area (Å²) in [5.41, 5.74) is 1.95. The Balaban J connectivity index is 1.52. The molecule has 0 atom stereocenters. The van der Waals surface area contributed by atoms with Gasteiger partial charge in [-0.15, -0.1) is 0 Å². The molecular formula is C21H19F3N4O. The topological polar surface area (TPSA) is 66.9 Å². The first kappa shape index (κ1) is 20.5. The van der Waals surface area contributed by atoms with E-state index in [-0.39, 0.29) is 19.0 Å². The van der Waals surface area contributed by atoms with Crippen molar-refractivity contribution in [1.29, 1.82) is 0 Å². The lowest BCUT2D eigenvalue weighted by atomic mass is 10.1. The monoisotopic (exact) mass is 400 g/mol. The van der Waals surface area contributed by atoms with E-state index < -0.39 is 11.7 Å². The molecule has 0 spiro atoms. The quantitative estimate of drug-likeness (QED) is 0.636. The molecule has 8 heteroatoms. The van der Waals surface area contributed by atoms with Gasteiger partial charge in [0.05, 0.1) is 30.0 Å². The van der Waals surface area contributed by atoms with Crippen molar-refractivity contribution in [3.63, 3.8) is 0 Å². The van der Waals surface area contributed by atoms with Crippen LogP contribution in [0.3, 0.4) is 0 Å². The van der Waals surface area contributed by atoms with Crippen molar-refractivity contribution < 1.29 is 18.0 Å². The molecule has 2 N–H and O–H groups in total. The summed E-state index contributed by atoms with van der Waals surface area (Å²) < 4.78 is 38.0. The fourth-order valence-corrected chi connectivity index (χ4v) is 2.65. The van der Waals surface area contributed by atoms with Crippen molar-refractivity contribution in [3.8, 4) is 11.3 Å². The molecule has 150 valence electrons. The summed E-state index contributed by atoms with van der Waals surface area (Å²) in [4.78, 5) is 20.2. The zero-order valence-electron chi connectivity index (χ0n) is 15.4. The molecule has 1 heterocycles. The van der Waals surface area contributed by atoms with Crippen molar-refractivity contribution in [1.82, 2.24) is 20.6 Å². The first-order valence-electron chi connectivity index (χ1n) is 8.92. The lowest BCUT2D eigenvalue weighted by Crippen LogP contribution is -2.33. The van der Waals surface area contributed by atoms with Gasteiger partial charge in [-0.1, -0.05) is 42.5 Å². The summed E-state index contributed by atoms with van der Waals surface area (Å²) in [6.07, 6.45) is -3.06. The number of carbonyl (C=O) groups is 1. The second-order valence-electron chi connectivity index (χ2n) is 6.34. The molecule has 0 unspecified atom stereocenters. The number of benzene rings is 2. The summed E-state index contributed by atoms with van der Waals surface area (Å²) in [7, 11) is 0. The fourth-order valence-electron chi connectivity index (χ4n) is 2.65. The van der Waals surface area contributed by atoms with E-state index in [1.54, 1.807) is 6.07 Å². The van der Waals surface area contributed by atoms with Gasteiger partial charge in [0.25, 0.3) is 0 Å². The highest BCUT2D eigenvalue weighted by atomic mass is 19.4. The number of alkyl halides is 3. The third-order valence-electron chi connectivity index (χ3n) is 4.16. The number of hydrogen-bond donors (Lipinski definition) is 2. The maximum atomic E-state index is 12.7. The molecule has 0 saturated heterocycles. The standard InChI is InChI=1S/C21H19F3N4O/c22-21(23,24)17-8-6-16(7-9-17)19-10-18(27-14-28-19)12-26-20(29)13-25-11-15-4-2-1-3-5-15/h1-10,14,25H,11-13H2,(H,26,29). The van der Waals surface area contributed by atoms with Gasteiger partial charge in [-0.25, -0.2) is 9.97 Å². The summed E-state index contributed by atoms with van der Waals surface area (Å²) in [5, 5.41) is 5.81. The molecule has 3 aromatic rings. The molecule has 1 amide bonds. The number of hydrogen-bond acceptors (Lipinski definition) is 4. The lowest BCUT2D eigenvalue weighted by molar-refractivity contribution is -0.137. The largest absolute Gasteiger partial charge is 0.416 e. The minimum atomic E-state index is -4.38. The number of nitrogens with one attached hydrogen (secondary N) is 2. The Hall–Kier alpha value is -3.26.